The number of benzene rings is 1. The van der Waals surface area contributed by atoms with Gasteiger partial charge in [0.15, 0.2) is 11.5 Å². The summed E-state index contributed by atoms with van der Waals surface area (Å²) in [4.78, 5) is 4.96. The van der Waals surface area contributed by atoms with Crippen LogP contribution in [0.5, 0.6) is 17.2 Å². The van der Waals surface area contributed by atoms with Crippen molar-refractivity contribution < 1.29 is 19.0 Å². The Labute approximate surface area is 101 Å². The number of hydrogen-bond donors (Lipinski definition) is 1. The zero-order valence-electron chi connectivity index (χ0n) is 10.9. The Morgan fingerprint density at radius 1 is 0.941 bits per heavy atom. The molecule has 0 saturated heterocycles. The highest BCUT2D eigenvalue weighted by Gasteiger charge is 2.28. The summed E-state index contributed by atoms with van der Waals surface area (Å²) in [6.45, 7) is 3.69. The average molecular weight is 241 g/mol. The highest BCUT2D eigenvalue weighted by Crippen LogP contribution is 2.44. The second-order valence-corrected chi connectivity index (χ2v) is 4.01. The molecular weight excluding hydrogens is 222 g/mol. The van der Waals surface area contributed by atoms with E-state index in [1.807, 2.05) is 19.9 Å². The molecule has 0 saturated carbocycles. The lowest BCUT2D eigenvalue weighted by Gasteiger charge is -2.26. The smallest absolute Gasteiger partial charge is 0.203 e. The van der Waals surface area contributed by atoms with E-state index in [1.165, 1.54) is 0 Å². The molecule has 0 fully saturated rings. The van der Waals surface area contributed by atoms with Gasteiger partial charge in [0.25, 0.3) is 0 Å². The van der Waals surface area contributed by atoms with Crippen molar-refractivity contribution in [1.82, 2.24) is 0 Å². The summed E-state index contributed by atoms with van der Waals surface area (Å²) in [6.07, 6.45) is 0. The van der Waals surface area contributed by atoms with Crippen molar-refractivity contribution in [3.63, 3.8) is 0 Å². The molecule has 5 heteroatoms. The molecule has 0 bridgehead atoms. The molecule has 0 aliphatic carbocycles. The van der Waals surface area contributed by atoms with Crippen LogP contribution in [0.1, 0.15) is 19.4 Å². The van der Waals surface area contributed by atoms with Crippen molar-refractivity contribution in [1.29, 1.82) is 0 Å². The first-order valence-corrected chi connectivity index (χ1v) is 5.19. The topological polar surface area (TPSA) is 62.9 Å². The van der Waals surface area contributed by atoms with Crippen LogP contribution in [-0.4, -0.2) is 21.3 Å². The molecule has 1 aromatic carbocycles. The third-order valence-corrected chi connectivity index (χ3v) is 2.65. The Morgan fingerprint density at radius 3 is 1.94 bits per heavy atom. The highest BCUT2D eigenvalue weighted by molar-refractivity contribution is 5.57. The molecule has 0 radical (unpaired) electrons. The van der Waals surface area contributed by atoms with Gasteiger partial charge < -0.3 is 14.2 Å². The van der Waals surface area contributed by atoms with Crippen LogP contribution < -0.4 is 20.1 Å². The van der Waals surface area contributed by atoms with Crippen LogP contribution in [0.15, 0.2) is 12.1 Å². The Bertz CT molecular complexity index is 390. The zero-order valence-corrected chi connectivity index (χ0v) is 10.9. The maximum absolute atomic E-state index is 5.36. The molecule has 0 aliphatic heterocycles. The first kappa shape index (κ1) is 13.6. The molecule has 0 spiro atoms. The lowest BCUT2D eigenvalue weighted by Crippen LogP contribution is -2.26. The molecule has 0 heterocycles. The summed E-state index contributed by atoms with van der Waals surface area (Å²) in [5.41, 5.74) is 0.116. The Balaban J connectivity index is 3.43. The Hall–Kier alpha value is -1.46. The van der Waals surface area contributed by atoms with Crippen LogP contribution in [0, 0.1) is 0 Å². The Kier molecular flexibility index (Phi) is 4.20. The van der Waals surface area contributed by atoms with Crippen molar-refractivity contribution in [3.05, 3.63) is 17.7 Å². The van der Waals surface area contributed by atoms with Crippen molar-refractivity contribution in [2.45, 2.75) is 19.4 Å². The molecule has 0 unspecified atom stereocenters. The first-order valence-electron chi connectivity index (χ1n) is 5.19. The minimum atomic E-state index is -0.676. The molecule has 96 valence electrons. The van der Waals surface area contributed by atoms with Gasteiger partial charge in [-0.2, -0.15) is 0 Å². The molecule has 17 heavy (non-hydrogen) atoms. The van der Waals surface area contributed by atoms with Gasteiger partial charge >= 0.3 is 0 Å². The minimum Gasteiger partial charge on any atom is -0.493 e. The zero-order chi connectivity index (χ0) is 13.1. The van der Waals surface area contributed by atoms with E-state index >= 15 is 0 Å². The molecule has 0 aromatic heterocycles. The van der Waals surface area contributed by atoms with E-state index < -0.39 is 5.60 Å². The fourth-order valence-electron chi connectivity index (χ4n) is 1.64. The van der Waals surface area contributed by atoms with E-state index in [0.717, 1.165) is 5.56 Å². The third kappa shape index (κ3) is 2.45. The van der Waals surface area contributed by atoms with E-state index in [9.17, 15) is 0 Å². The number of nitrogens with two attached hydrogens (primary N) is 1. The third-order valence-electron chi connectivity index (χ3n) is 2.65. The molecular formula is C12H19NO4. The van der Waals surface area contributed by atoms with E-state index in [0.29, 0.717) is 17.2 Å². The van der Waals surface area contributed by atoms with Crippen LogP contribution in [0.4, 0.5) is 0 Å². The van der Waals surface area contributed by atoms with Gasteiger partial charge in [0.1, 0.15) is 5.60 Å². The van der Waals surface area contributed by atoms with Gasteiger partial charge in [-0.25, -0.2) is 5.90 Å². The Morgan fingerprint density at radius 2 is 1.53 bits per heavy atom. The van der Waals surface area contributed by atoms with E-state index in [4.69, 9.17) is 24.9 Å². The van der Waals surface area contributed by atoms with Crippen LogP contribution in [0.25, 0.3) is 0 Å². The van der Waals surface area contributed by atoms with Crippen molar-refractivity contribution in [3.8, 4) is 17.2 Å². The lowest BCUT2D eigenvalue weighted by atomic mass is 9.96. The predicted molar refractivity (Wildman–Crippen MR) is 64.4 cm³/mol. The van der Waals surface area contributed by atoms with E-state index in [2.05, 4.69) is 0 Å². The first-order chi connectivity index (χ1) is 8.01. The largest absolute Gasteiger partial charge is 0.493 e. The van der Waals surface area contributed by atoms with Gasteiger partial charge in [0.2, 0.25) is 5.75 Å². The summed E-state index contributed by atoms with van der Waals surface area (Å²) in [5.74, 6) is 6.98. The highest BCUT2D eigenvalue weighted by atomic mass is 16.6. The minimum absolute atomic E-state index is 0.526. The standard InChI is InChI=1S/C12H19NO4/c1-12(2,17-13)8-6-7-9(14-3)11(16-5)10(8)15-4/h6-7H,13H2,1-5H3. The van der Waals surface area contributed by atoms with Gasteiger partial charge in [-0.3, -0.25) is 4.84 Å². The summed E-state index contributed by atoms with van der Waals surface area (Å²) in [5, 5.41) is 0. The van der Waals surface area contributed by atoms with Crippen molar-refractivity contribution in [2.24, 2.45) is 5.90 Å². The molecule has 0 amide bonds. The van der Waals surface area contributed by atoms with Gasteiger partial charge in [0, 0.05) is 5.56 Å². The van der Waals surface area contributed by atoms with Gasteiger partial charge in [-0.1, -0.05) is 0 Å². The van der Waals surface area contributed by atoms with Crippen LogP contribution >= 0.6 is 0 Å². The van der Waals surface area contributed by atoms with Gasteiger partial charge in [0.05, 0.1) is 21.3 Å². The second-order valence-electron chi connectivity index (χ2n) is 4.01. The second kappa shape index (κ2) is 5.25. The monoisotopic (exact) mass is 241 g/mol. The van der Waals surface area contributed by atoms with Crippen LogP contribution in [0.3, 0.4) is 0 Å². The maximum atomic E-state index is 5.36. The quantitative estimate of drug-likeness (QED) is 0.797. The molecule has 2 N–H and O–H groups in total. The number of hydrogen-bond acceptors (Lipinski definition) is 5. The van der Waals surface area contributed by atoms with Gasteiger partial charge in [-0.15, -0.1) is 0 Å². The fourth-order valence-corrected chi connectivity index (χ4v) is 1.64. The lowest BCUT2D eigenvalue weighted by molar-refractivity contribution is -0.0253. The van der Waals surface area contributed by atoms with Crippen LogP contribution in [0.2, 0.25) is 0 Å². The van der Waals surface area contributed by atoms with Crippen LogP contribution in [-0.2, 0) is 10.4 Å². The summed E-state index contributed by atoms with van der Waals surface area (Å²) in [7, 11) is 4.69. The summed E-state index contributed by atoms with van der Waals surface area (Å²) < 4.78 is 15.9. The van der Waals surface area contributed by atoms with Crippen molar-refractivity contribution >= 4 is 0 Å². The molecule has 0 aliphatic rings. The van der Waals surface area contributed by atoms with E-state index in [-0.39, 0.29) is 0 Å². The maximum Gasteiger partial charge on any atom is 0.203 e. The molecule has 5 nitrogen and oxygen atoms in total. The number of ether oxygens (including phenoxy) is 3. The fraction of sp³-hybridized carbons (Fsp3) is 0.500. The summed E-state index contributed by atoms with van der Waals surface area (Å²) in [6, 6.07) is 3.63. The molecule has 0 atom stereocenters. The predicted octanol–water partition coefficient (Wildman–Crippen LogP) is 1.84. The molecule has 1 rings (SSSR count). The van der Waals surface area contributed by atoms with Crippen molar-refractivity contribution in [2.75, 3.05) is 21.3 Å². The SMILES string of the molecule is COc1ccc(C(C)(C)ON)c(OC)c1OC. The molecule has 1 aromatic rings. The average Bonchev–Trinajstić information content (AvgIpc) is 2.36. The van der Waals surface area contributed by atoms with Gasteiger partial charge in [-0.05, 0) is 26.0 Å². The number of rotatable bonds is 5. The summed E-state index contributed by atoms with van der Waals surface area (Å²) >= 11 is 0. The normalized spacial score (nSPS) is 11.2. The number of methoxy groups -OCH3 is 3. The van der Waals surface area contributed by atoms with E-state index in [1.54, 1.807) is 27.4 Å².